The zero-order chi connectivity index (χ0) is 11.4. The van der Waals surface area contributed by atoms with Crippen LogP contribution in [0.1, 0.15) is 47.1 Å². The number of nitrogens with one attached hydrogen (secondary N) is 1. The maximum atomic E-state index is 4.36. The van der Waals surface area contributed by atoms with Crippen LogP contribution < -0.4 is 5.32 Å². The second kappa shape index (κ2) is 5.19. The highest BCUT2D eigenvalue weighted by Gasteiger charge is 2.14. The molecule has 0 bridgehead atoms. The molecular formula is C12H23N3. The van der Waals surface area contributed by atoms with Gasteiger partial charge in [0.25, 0.3) is 0 Å². The van der Waals surface area contributed by atoms with E-state index in [4.69, 9.17) is 0 Å². The molecule has 0 spiro atoms. The highest BCUT2D eigenvalue weighted by molar-refractivity contribution is 5.28. The molecule has 3 heteroatoms. The summed E-state index contributed by atoms with van der Waals surface area (Å²) in [6.07, 6.45) is 5.01. The summed E-state index contributed by atoms with van der Waals surface area (Å²) in [6, 6.07) is 0.963. The molecule has 0 saturated heterocycles. The molecule has 0 aliphatic heterocycles. The van der Waals surface area contributed by atoms with E-state index in [1.807, 2.05) is 12.4 Å². The number of imidazole rings is 1. The molecule has 3 nitrogen and oxygen atoms in total. The van der Waals surface area contributed by atoms with E-state index in [1.165, 1.54) is 0 Å². The number of anilines is 1. The Balaban J connectivity index is 2.74. The fraction of sp³-hybridized carbons (Fsp3) is 0.750. The Morgan fingerprint density at radius 1 is 1.33 bits per heavy atom. The van der Waals surface area contributed by atoms with Crippen molar-refractivity contribution in [2.75, 3.05) is 5.32 Å². The molecule has 0 aromatic carbocycles. The van der Waals surface area contributed by atoms with Crippen LogP contribution in [-0.4, -0.2) is 15.6 Å². The van der Waals surface area contributed by atoms with E-state index in [9.17, 15) is 0 Å². The SMILES string of the molecule is CCC(Nc1nccn1C(C)C)C(C)C. The molecular weight excluding hydrogens is 186 g/mol. The summed E-state index contributed by atoms with van der Waals surface area (Å²) < 4.78 is 2.17. The van der Waals surface area contributed by atoms with Crippen molar-refractivity contribution in [3.05, 3.63) is 12.4 Å². The summed E-state index contributed by atoms with van der Waals surface area (Å²) in [6.45, 7) is 11.0. The van der Waals surface area contributed by atoms with Gasteiger partial charge in [0.1, 0.15) is 0 Å². The lowest BCUT2D eigenvalue weighted by Gasteiger charge is -2.22. The van der Waals surface area contributed by atoms with Crippen molar-refractivity contribution in [3.63, 3.8) is 0 Å². The Morgan fingerprint density at radius 3 is 2.47 bits per heavy atom. The lowest BCUT2D eigenvalue weighted by molar-refractivity contribution is 0.499. The minimum Gasteiger partial charge on any atom is -0.353 e. The van der Waals surface area contributed by atoms with E-state index in [0.717, 1.165) is 12.4 Å². The highest BCUT2D eigenvalue weighted by Crippen LogP contribution is 2.17. The largest absolute Gasteiger partial charge is 0.353 e. The first-order valence-corrected chi connectivity index (χ1v) is 5.85. The lowest BCUT2D eigenvalue weighted by atomic mass is 10.0. The zero-order valence-corrected chi connectivity index (χ0v) is 10.5. The zero-order valence-electron chi connectivity index (χ0n) is 10.5. The van der Waals surface area contributed by atoms with Crippen LogP contribution in [0, 0.1) is 5.92 Å². The molecule has 0 aliphatic carbocycles. The van der Waals surface area contributed by atoms with Crippen LogP contribution in [0.2, 0.25) is 0 Å². The smallest absolute Gasteiger partial charge is 0.203 e. The number of hydrogen-bond acceptors (Lipinski definition) is 2. The van der Waals surface area contributed by atoms with Gasteiger partial charge in [0.2, 0.25) is 5.95 Å². The van der Waals surface area contributed by atoms with Gasteiger partial charge < -0.3 is 9.88 Å². The van der Waals surface area contributed by atoms with Gasteiger partial charge in [0.05, 0.1) is 0 Å². The van der Waals surface area contributed by atoms with Crippen molar-refractivity contribution < 1.29 is 0 Å². The van der Waals surface area contributed by atoms with Crippen LogP contribution in [0.15, 0.2) is 12.4 Å². The third kappa shape index (κ3) is 2.98. The van der Waals surface area contributed by atoms with E-state index < -0.39 is 0 Å². The quantitative estimate of drug-likeness (QED) is 0.806. The van der Waals surface area contributed by atoms with Crippen molar-refractivity contribution in [2.45, 2.75) is 53.1 Å². The fourth-order valence-electron chi connectivity index (χ4n) is 1.75. The van der Waals surface area contributed by atoms with Gasteiger partial charge in [0.15, 0.2) is 0 Å². The maximum absolute atomic E-state index is 4.36. The van der Waals surface area contributed by atoms with Gasteiger partial charge in [-0.25, -0.2) is 4.98 Å². The first-order chi connectivity index (χ1) is 7.06. The van der Waals surface area contributed by atoms with Gasteiger partial charge >= 0.3 is 0 Å². The maximum Gasteiger partial charge on any atom is 0.203 e. The van der Waals surface area contributed by atoms with Gasteiger partial charge in [-0.2, -0.15) is 0 Å². The third-order valence-electron chi connectivity index (χ3n) is 2.78. The van der Waals surface area contributed by atoms with E-state index >= 15 is 0 Å². The van der Waals surface area contributed by atoms with Crippen molar-refractivity contribution in [3.8, 4) is 0 Å². The van der Waals surface area contributed by atoms with Crippen LogP contribution in [0.5, 0.6) is 0 Å². The van der Waals surface area contributed by atoms with Crippen LogP contribution >= 0.6 is 0 Å². The summed E-state index contributed by atoms with van der Waals surface area (Å²) in [7, 11) is 0. The standard InChI is InChI=1S/C12H23N3/c1-6-11(9(2)3)14-12-13-7-8-15(12)10(4)5/h7-11H,6H2,1-5H3,(H,13,14). The lowest BCUT2D eigenvalue weighted by Crippen LogP contribution is -2.26. The Bertz CT molecular complexity index is 289. The summed E-state index contributed by atoms with van der Waals surface area (Å²) in [5.74, 6) is 1.62. The Morgan fingerprint density at radius 2 is 2.00 bits per heavy atom. The molecule has 0 amide bonds. The topological polar surface area (TPSA) is 29.9 Å². The number of nitrogens with zero attached hydrogens (tertiary/aromatic N) is 2. The molecule has 1 aromatic rings. The van der Waals surface area contributed by atoms with E-state index in [2.05, 4.69) is 49.5 Å². The Kier molecular flexibility index (Phi) is 4.18. The van der Waals surface area contributed by atoms with Crippen molar-refractivity contribution in [2.24, 2.45) is 5.92 Å². The Labute approximate surface area is 92.9 Å². The monoisotopic (exact) mass is 209 g/mol. The molecule has 1 rings (SSSR count). The average Bonchev–Trinajstić information content (AvgIpc) is 2.61. The number of hydrogen-bond donors (Lipinski definition) is 1. The molecule has 1 N–H and O–H groups in total. The third-order valence-corrected chi connectivity index (χ3v) is 2.78. The molecule has 0 saturated carbocycles. The second-order valence-electron chi connectivity index (χ2n) is 4.65. The van der Waals surface area contributed by atoms with Crippen LogP contribution in [0.4, 0.5) is 5.95 Å². The molecule has 1 unspecified atom stereocenters. The molecule has 1 heterocycles. The number of rotatable bonds is 5. The first-order valence-electron chi connectivity index (χ1n) is 5.85. The van der Waals surface area contributed by atoms with Crippen LogP contribution in [0.25, 0.3) is 0 Å². The highest BCUT2D eigenvalue weighted by atomic mass is 15.2. The van der Waals surface area contributed by atoms with E-state index in [0.29, 0.717) is 18.0 Å². The summed E-state index contributed by atoms with van der Waals surface area (Å²) >= 11 is 0. The molecule has 0 fully saturated rings. The van der Waals surface area contributed by atoms with Gasteiger partial charge in [0, 0.05) is 24.5 Å². The molecule has 1 aromatic heterocycles. The molecule has 86 valence electrons. The first kappa shape index (κ1) is 12.1. The summed E-state index contributed by atoms with van der Waals surface area (Å²) in [4.78, 5) is 4.36. The average molecular weight is 209 g/mol. The fourth-order valence-corrected chi connectivity index (χ4v) is 1.75. The molecule has 1 atom stereocenters. The second-order valence-corrected chi connectivity index (χ2v) is 4.65. The van der Waals surface area contributed by atoms with Crippen LogP contribution in [0.3, 0.4) is 0 Å². The van der Waals surface area contributed by atoms with Crippen molar-refractivity contribution in [1.82, 2.24) is 9.55 Å². The van der Waals surface area contributed by atoms with Gasteiger partial charge in [-0.15, -0.1) is 0 Å². The molecule has 15 heavy (non-hydrogen) atoms. The summed E-state index contributed by atoms with van der Waals surface area (Å²) in [5.41, 5.74) is 0. The number of aromatic nitrogens is 2. The predicted molar refractivity (Wildman–Crippen MR) is 65.2 cm³/mol. The Hall–Kier alpha value is -0.990. The molecule has 0 radical (unpaired) electrons. The minimum atomic E-state index is 0.458. The van der Waals surface area contributed by atoms with Gasteiger partial charge in [-0.3, -0.25) is 0 Å². The normalized spacial score (nSPS) is 13.5. The van der Waals surface area contributed by atoms with E-state index in [-0.39, 0.29) is 0 Å². The van der Waals surface area contributed by atoms with E-state index in [1.54, 1.807) is 0 Å². The van der Waals surface area contributed by atoms with Crippen molar-refractivity contribution >= 4 is 5.95 Å². The molecule has 0 aliphatic rings. The van der Waals surface area contributed by atoms with Crippen molar-refractivity contribution in [1.29, 1.82) is 0 Å². The van der Waals surface area contributed by atoms with Gasteiger partial charge in [-0.05, 0) is 26.2 Å². The predicted octanol–water partition coefficient (Wildman–Crippen LogP) is 3.31. The minimum absolute atomic E-state index is 0.458. The summed E-state index contributed by atoms with van der Waals surface area (Å²) in [5, 5.41) is 3.51. The van der Waals surface area contributed by atoms with Crippen LogP contribution in [-0.2, 0) is 0 Å². The van der Waals surface area contributed by atoms with Gasteiger partial charge in [-0.1, -0.05) is 20.8 Å².